The molecule has 0 radical (unpaired) electrons. The maximum absolute atomic E-state index is 5.31. The Labute approximate surface area is 59.2 Å². The molecule has 1 heterocycles. The number of aromatic amines is 1. The van der Waals surface area contributed by atoms with Crippen molar-refractivity contribution >= 4 is 5.57 Å². The van der Waals surface area contributed by atoms with Gasteiger partial charge in [-0.05, 0) is 18.5 Å². The van der Waals surface area contributed by atoms with Crippen molar-refractivity contribution in [3.63, 3.8) is 0 Å². The van der Waals surface area contributed by atoms with E-state index in [1.807, 2.05) is 0 Å². The molecule has 0 spiro atoms. The number of rotatable bonds is 3. The van der Waals surface area contributed by atoms with Crippen LogP contribution in [0.1, 0.15) is 12.2 Å². The van der Waals surface area contributed by atoms with Crippen molar-refractivity contribution in [2.45, 2.75) is 6.42 Å². The van der Waals surface area contributed by atoms with Gasteiger partial charge in [-0.1, -0.05) is 6.58 Å². The fourth-order valence-corrected chi connectivity index (χ4v) is 0.668. The van der Waals surface area contributed by atoms with Crippen LogP contribution in [0.2, 0.25) is 0 Å². The highest BCUT2D eigenvalue weighted by Gasteiger charge is 1.98. The lowest BCUT2D eigenvalue weighted by molar-refractivity contribution is 0.991. The van der Waals surface area contributed by atoms with Crippen molar-refractivity contribution in [3.8, 4) is 0 Å². The molecule has 10 heavy (non-hydrogen) atoms. The van der Waals surface area contributed by atoms with Gasteiger partial charge in [-0.2, -0.15) is 5.10 Å². The Hall–Kier alpha value is -1.16. The molecule has 0 saturated heterocycles. The number of hydrogen-bond donors (Lipinski definition) is 2. The Bertz CT molecular complexity index is 202. The molecule has 1 aromatic rings. The Balaban J connectivity index is 2.59. The van der Waals surface area contributed by atoms with Crippen molar-refractivity contribution in [2.24, 2.45) is 5.73 Å². The summed E-state index contributed by atoms with van der Waals surface area (Å²) in [6, 6.07) is 0. The van der Waals surface area contributed by atoms with E-state index < -0.39 is 0 Å². The van der Waals surface area contributed by atoms with E-state index in [4.69, 9.17) is 5.73 Å². The first-order valence-electron chi connectivity index (χ1n) is 3.08. The van der Waals surface area contributed by atoms with Crippen molar-refractivity contribution in [2.75, 3.05) is 6.54 Å². The quantitative estimate of drug-likeness (QED) is 0.625. The van der Waals surface area contributed by atoms with Gasteiger partial charge in [0.15, 0.2) is 5.82 Å². The molecule has 0 aromatic carbocycles. The molecule has 0 fully saturated rings. The van der Waals surface area contributed by atoms with Gasteiger partial charge in [0.05, 0.1) is 0 Å². The molecular weight excluding hydrogens is 128 g/mol. The van der Waals surface area contributed by atoms with E-state index in [1.165, 1.54) is 6.33 Å². The van der Waals surface area contributed by atoms with Crippen LogP contribution in [0.5, 0.6) is 0 Å². The van der Waals surface area contributed by atoms with Gasteiger partial charge in [0, 0.05) is 0 Å². The van der Waals surface area contributed by atoms with Gasteiger partial charge in [0.2, 0.25) is 0 Å². The fourth-order valence-electron chi connectivity index (χ4n) is 0.668. The highest BCUT2D eigenvalue weighted by atomic mass is 15.2. The zero-order valence-electron chi connectivity index (χ0n) is 5.67. The Kier molecular flexibility index (Phi) is 2.17. The number of aromatic nitrogens is 3. The number of nitrogens with zero attached hydrogens (tertiary/aromatic N) is 2. The van der Waals surface area contributed by atoms with Gasteiger partial charge in [-0.25, -0.2) is 4.98 Å². The summed E-state index contributed by atoms with van der Waals surface area (Å²) in [5.74, 6) is 0.727. The molecule has 0 bridgehead atoms. The summed E-state index contributed by atoms with van der Waals surface area (Å²) in [7, 11) is 0. The second kappa shape index (κ2) is 3.12. The first kappa shape index (κ1) is 6.95. The van der Waals surface area contributed by atoms with Crippen LogP contribution in [0.25, 0.3) is 5.57 Å². The minimum absolute atomic E-state index is 0.597. The summed E-state index contributed by atoms with van der Waals surface area (Å²) >= 11 is 0. The molecule has 1 rings (SSSR count). The van der Waals surface area contributed by atoms with Crippen LogP contribution in [0, 0.1) is 0 Å². The van der Waals surface area contributed by atoms with Crippen LogP contribution in [0.3, 0.4) is 0 Å². The van der Waals surface area contributed by atoms with Gasteiger partial charge in [0.1, 0.15) is 6.33 Å². The van der Waals surface area contributed by atoms with Crippen LogP contribution >= 0.6 is 0 Å². The Morgan fingerprint density at radius 3 is 3.10 bits per heavy atom. The van der Waals surface area contributed by atoms with E-state index in [0.29, 0.717) is 6.54 Å². The summed E-state index contributed by atoms with van der Waals surface area (Å²) in [4.78, 5) is 3.91. The molecule has 0 saturated carbocycles. The Morgan fingerprint density at radius 2 is 2.60 bits per heavy atom. The second-order valence-electron chi connectivity index (χ2n) is 1.98. The minimum Gasteiger partial charge on any atom is -0.330 e. The maximum Gasteiger partial charge on any atom is 0.150 e. The van der Waals surface area contributed by atoms with E-state index in [0.717, 1.165) is 17.8 Å². The lowest BCUT2D eigenvalue weighted by Crippen LogP contribution is -2.00. The van der Waals surface area contributed by atoms with Crippen LogP contribution in [-0.2, 0) is 0 Å². The van der Waals surface area contributed by atoms with Crippen LogP contribution in [0.15, 0.2) is 12.9 Å². The fraction of sp³-hybridized carbons (Fsp3) is 0.333. The van der Waals surface area contributed by atoms with Crippen molar-refractivity contribution in [1.29, 1.82) is 0 Å². The average molecular weight is 138 g/mol. The average Bonchev–Trinajstić information content (AvgIpc) is 2.38. The second-order valence-corrected chi connectivity index (χ2v) is 1.98. The summed E-state index contributed by atoms with van der Waals surface area (Å²) in [6.45, 7) is 4.37. The standard InChI is InChI=1S/C6H10N4/c1-5(2-3-7)6-8-4-9-10-6/h4H,1-3,7H2,(H,8,9,10). The molecule has 0 aliphatic carbocycles. The van der Waals surface area contributed by atoms with Gasteiger partial charge in [0.25, 0.3) is 0 Å². The molecule has 4 heteroatoms. The van der Waals surface area contributed by atoms with Gasteiger partial charge in [-0.3, -0.25) is 5.10 Å². The Morgan fingerprint density at radius 1 is 1.80 bits per heavy atom. The molecule has 0 aliphatic heterocycles. The van der Waals surface area contributed by atoms with Crippen LogP contribution in [0.4, 0.5) is 0 Å². The summed E-state index contributed by atoms with van der Waals surface area (Å²) < 4.78 is 0. The summed E-state index contributed by atoms with van der Waals surface area (Å²) in [5.41, 5.74) is 6.22. The van der Waals surface area contributed by atoms with E-state index in [-0.39, 0.29) is 0 Å². The first-order valence-corrected chi connectivity index (χ1v) is 3.08. The summed E-state index contributed by atoms with van der Waals surface area (Å²) in [6.07, 6.45) is 2.21. The normalized spacial score (nSPS) is 9.70. The predicted octanol–water partition coefficient (Wildman–Crippen LogP) is 0.167. The zero-order chi connectivity index (χ0) is 7.40. The highest BCUT2D eigenvalue weighted by molar-refractivity contribution is 5.56. The third kappa shape index (κ3) is 1.41. The van der Waals surface area contributed by atoms with Gasteiger partial charge >= 0.3 is 0 Å². The molecule has 0 atom stereocenters. The zero-order valence-corrected chi connectivity index (χ0v) is 5.67. The van der Waals surface area contributed by atoms with E-state index in [9.17, 15) is 0 Å². The monoisotopic (exact) mass is 138 g/mol. The van der Waals surface area contributed by atoms with Gasteiger partial charge < -0.3 is 5.73 Å². The number of H-pyrrole nitrogens is 1. The highest BCUT2D eigenvalue weighted by Crippen LogP contribution is 2.07. The van der Waals surface area contributed by atoms with E-state index in [2.05, 4.69) is 21.8 Å². The number of hydrogen-bond acceptors (Lipinski definition) is 3. The predicted molar refractivity (Wildman–Crippen MR) is 39.1 cm³/mol. The SMILES string of the molecule is C=C(CCN)c1ncn[nH]1. The van der Waals surface area contributed by atoms with E-state index in [1.54, 1.807) is 0 Å². The number of nitrogens with two attached hydrogens (primary N) is 1. The first-order chi connectivity index (χ1) is 4.84. The largest absolute Gasteiger partial charge is 0.330 e. The third-order valence-electron chi connectivity index (χ3n) is 1.20. The van der Waals surface area contributed by atoms with Crippen molar-refractivity contribution in [3.05, 3.63) is 18.7 Å². The lowest BCUT2D eigenvalue weighted by atomic mass is 10.2. The lowest BCUT2D eigenvalue weighted by Gasteiger charge is -1.95. The molecule has 54 valence electrons. The van der Waals surface area contributed by atoms with Crippen LogP contribution < -0.4 is 5.73 Å². The molecule has 0 aliphatic rings. The molecule has 1 aromatic heterocycles. The minimum atomic E-state index is 0.597. The maximum atomic E-state index is 5.31. The number of nitrogens with one attached hydrogen (secondary N) is 1. The third-order valence-corrected chi connectivity index (χ3v) is 1.20. The van der Waals surface area contributed by atoms with Crippen LogP contribution in [-0.4, -0.2) is 21.7 Å². The molecule has 0 amide bonds. The summed E-state index contributed by atoms with van der Waals surface area (Å²) in [5, 5.41) is 6.39. The molecule has 0 unspecified atom stereocenters. The molecule has 4 nitrogen and oxygen atoms in total. The smallest absolute Gasteiger partial charge is 0.150 e. The van der Waals surface area contributed by atoms with Crippen molar-refractivity contribution < 1.29 is 0 Å². The van der Waals surface area contributed by atoms with Gasteiger partial charge in [-0.15, -0.1) is 0 Å². The van der Waals surface area contributed by atoms with E-state index >= 15 is 0 Å². The van der Waals surface area contributed by atoms with Crippen molar-refractivity contribution in [1.82, 2.24) is 15.2 Å². The molecule has 3 N–H and O–H groups in total. The molecular formula is C6H10N4. The topological polar surface area (TPSA) is 67.6 Å².